The zero-order valence-electron chi connectivity index (χ0n) is 15.8. The van der Waals surface area contributed by atoms with Crippen LogP contribution in [-0.4, -0.2) is 29.0 Å². The van der Waals surface area contributed by atoms with Gasteiger partial charge < -0.3 is 0 Å². The van der Waals surface area contributed by atoms with Crippen LogP contribution in [-0.2, 0) is 0 Å². The number of hydrogen-bond acceptors (Lipinski definition) is 3. The number of carbonyl (C=O) groups is 3. The molecule has 2 amide bonds. The molecule has 0 spiro atoms. The van der Waals surface area contributed by atoms with E-state index in [0.717, 1.165) is 43.9 Å². The van der Waals surface area contributed by atoms with Gasteiger partial charge in [0.15, 0.2) is 5.78 Å². The standard InChI is InChI=1S/C23H25NO3/c1-2-3-14-24-22(26)18-11-7-10-16-17(12-13-19(20(16)18)23(24)27)21(25)15-8-5-4-6-9-15/h7,10-13,15H,2-6,8-9,14H2,1H3. The molecule has 27 heavy (non-hydrogen) atoms. The van der Waals surface area contributed by atoms with Crippen LogP contribution in [0.1, 0.15) is 82.9 Å². The molecule has 4 heteroatoms. The summed E-state index contributed by atoms with van der Waals surface area (Å²) in [5, 5.41) is 1.40. The summed E-state index contributed by atoms with van der Waals surface area (Å²) in [6.45, 7) is 2.48. The second-order valence-electron chi connectivity index (χ2n) is 7.70. The molecule has 0 bridgehead atoms. The van der Waals surface area contributed by atoms with Gasteiger partial charge in [-0.05, 0) is 42.8 Å². The number of amides is 2. The molecule has 0 unspecified atom stereocenters. The third kappa shape index (κ3) is 2.97. The molecule has 2 aromatic carbocycles. The Kier molecular flexibility index (Phi) is 4.81. The molecule has 140 valence electrons. The van der Waals surface area contributed by atoms with Crippen molar-refractivity contribution in [3.05, 3.63) is 47.0 Å². The Labute approximate surface area is 159 Å². The van der Waals surface area contributed by atoms with Gasteiger partial charge in [-0.1, -0.05) is 44.7 Å². The minimum Gasteiger partial charge on any atom is -0.294 e. The number of Topliss-reactive ketones (excluding diaryl/α,β-unsaturated/α-hetero) is 1. The van der Waals surface area contributed by atoms with Gasteiger partial charge in [-0.3, -0.25) is 19.3 Å². The Hall–Kier alpha value is -2.49. The molecule has 2 aromatic rings. The smallest absolute Gasteiger partial charge is 0.261 e. The number of nitrogens with zero attached hydrogens (tertiary/aromatic N) is 1. The van der Waals surface area contributed by atoms with Crippen LogP contribution in [0.15, 0.2) is 30.3 Å². The van der Waals surface area contributed by atoms with Crippen molar-refractivity contribution in [1.29, 1.82) is 0 Å². The normalized spacial score (nSPS) is 17.6. The number of ketones is 1. The quantitative estimate of drug-likeness (QED) is 0.555. The summed E-state index contributed by atoms with van der Waals surface area (Å²) < 4.78 is 0. The van der Waals surface area contributed by atoms with Crippen molar-refractivity contribution < 1.29 is 14.4 Å². The van der Waals surface area contributed by atoms with Crippen molar-refractivity contribution in [2.45, 2.75) is 51.9 Å². The number of rotatable bonds is 5. The fourth-order valence-electron chi connectivity index (χ4n) is 4.47. The molecule has 0 atom stereocenters. The van der Waals surface area contributed by atoms with Gasteiger partial charge in [0.05, 0.1) is 0 Å². The van der Waals surface area contributed by atoms with Gasteiger partial charge in [-0.25, -0.2) is 0 Å². The maximum Gasteiger partial charge on any atom is 0.261 e. The number of hydrogen-bond donors (Lipinski definition) is 0. The number of unbranched alkanes of at least 4 members (excludes halogenated alkanes) is 1. The van der Waals surface area contributed by atoms with E-state index in [-0.39, 0.29) is 23.5 Å². The van der Waals surface area contributed by atoms with Crippen molar-refractivity contribution >= 4 is 28.4 Å². The van der Waals surface area contributed by atoms with Gasteiger partial charge in [-0.2, -0.15) is 0 Å². The van der Waals surface area contributed by atoms with Crippen LogP contribution in [0.3, 0.4) is 0 Å². The van der Waals surface area contributed by atoms with E-state index < -0.39 is 0 Å². The van der Waals surface area contributed by atoms with Gasteiger partial charge in [0, 0.05) is 34.5 Å². The third-order valence-electron chi connectivity index (χ3n) is 5.97. The lowest BCUT2D eigenvalue weighted by Crippen LogP contribution is -2.41. The van der Waals surface area contributed by atoms with E-state index in [0.29, 0.717) is 28.6 Å². The zero-order valence-corrected chi connectivity index (χ0v) is 15.8. The Balaban J connectivity index is 1.81. The summed E-state index contributed by atoms with van der Waals surface area (Å²) in [6, 6.07) is 9.01. The van der Waals surface area contributed by atoms with E-state index in [4.69, 9.17) is 0 Å². The summed E-state index contributed by atoms with van der Waals surface area (Å²) in [5.74, 6) is -0.263. The Bertz CT molecular complexity index is 902. The molecule has 1 fully saturated rings. The van der Waals surface area contributed by atoms with Crippen LogP contribution < -0.4 is 0 Å². The third-order valence-corrected chi connectivity index (χ3v) is 5.97. The number of benzene rings is 2. The van der Waals surface area contributed by atoms with Crippen LogP contribution in [0.25, 0.3) is 10.8 Å². The second-order valence-corrected chi connectivity index (χ2v) is 7.70. The van der Waals surface area contributed by atoms with E-state index in [2.05, 4.69) is 0 Å². The van der Waals surface area contributed by atoms with E-state index in [9.17, 15) is 14.4 Å². The lowest BCUT2D eigenvalue weighted by atomic mass is 9.81. The van der Waals surface area contributed by atoms with Gasteiger partial charge >= 0.3 is 0 Å². The topological polar surface area (TPSA) is 54.5 Å². The lowest BCUT2D eigenvalue weighted by Gasteiger charge is -2.28. The highest BCUT2D eigenvalue weighted by atomic mass is 16.2. The number of imide groups is 1. The molecule has 0 aromatic heterocycles. The van der Waals surface area contributed by atoms with Crippen molar-refractivity contribution in [3.8, 4) is 0 Å². The van der Waals surface area contributed by atoms with E-state index >= 15 is 0 Å². The van der Waals surface area contributed by atoms with Gasteiger partial charge in [0.1, 0.15) is 0 Å². The highest BCUT2D eigenvalue weighted by Crippen LogP contribution is 2.35. The van der Waals surface area contributed by atoms with Crippen molar-refractivity contribution in [3.63, 3.8) is 0 Å². The predicted molar refractivity (Wildman–Crippen MR) is 105 cm³/mol. The minimum atomic E-state index is -0.242. The molecule has 1 saturated carbocycles. The molecule has 1 heterocycles. The van der Waals surface area contributed by atoms with Gasteiger partial charge in [0.25, 0.3) is 11.8 Å². The Morgan fingerprint density at radius 3 is 2.41 bits per heavy atom. The average molecular weight is 363 g/mol. The molecule has 4 rings (SSSR count). The summed E-state index contributed by atoms with van der Waals surface area (Å²) in [7, 11) is 0. The lowest BCUT2D eigenvalue weighted by molar-refractivity contribution is 0.0608. The fraction of sp³-hybridized carbons (Fsp3) is 0.435. The van der Waals surface area contributed by atoms with Crippen LogP contribution in [0.4, 0.5) is 0 Å². The SMILES string of the molecule is CCCCN1C(=O)c2cccc3c(C(=O)C4CCCCC4)ccc(c23)C1=O. The average Bonchev–Trinajstić information content (AvgIpc) is 2.71. The molecule has 4 nitrogen and oxygen atoms in total. The van der Waals surface area contributed by atoms with E-state index in [1.807, 2.05) is 19.1 Å². The van der Waals surface area contributed by atoms with E-state index in [1.54, 1.807) is 18.2 Å². The molecule has 1 aliphatic heterocycles. The largest absolute Gasteiger partial charge is 0.294 e. The van der Waals surface area contributed by atoms with E-state index in [1.165, 1.54) is 11.3 Å². The van der Waals surface area contributed by atoms with Crippen LogP contribution in [0, 0.1) is 5.92 Å². The maximum absolute atomic E-state index is 13.1. The first-order valence-corrected chi connectivity index (χ1v) is 10.1. The highest BCUT2D eigenvalue weighted by molar-refractivity contribution is 6.27. The van der Waals surface area contributed by atoms with Gasteiger partial charge in [-0.15, -0.1) is 0 Å². The molecule has 2 aliphatic rings. The van der Waals surface area contributed by atoms with Crippen LogP contribution >= 0.6 is 0 Å². The fourth-order valence-corrected chi connectivity index (χ4v) is 4.47. The van der Waals surface area contributed by atoms with Crippen LogP contribution in [0.2, 0.25) is 0 Å². The minimum absolute atomic E-state index is 0.0619. The Morgan fingerprint density at radius 2 is 1.70 bits per heavy atom. The first kappa shape index (κ1) is 17.9. The van der Waals surface area contributed by atoms with Crippen LogP contribution in [0.5, 0.6) is 0 Å². The predicted octanol–water partition coefficient (Wildman–Crippen LogP) is 5.00. The zero-order chi connectivity index (χ0) is 19.0. The van der Waals surface area contributed by atoms with Crippen molar-refractivity contribution in [1.82, 2.24) is 4.90 Å². The number of carbonyl (C=O) groups excluding carboxylic acids is 3. The van der Waals surface area contributed by atoms with Gasteiger partial charge in [0.2, 0.25) is 0 Å². The molecule has 0 radical (unpaired) electrons. The first-order valence-electron chi connectivity index (χ1n) is 10.1. The Morgan fingerprint density at radius 1 is 1.00 bits per heavy atom. The highest BCUT2D eigenvalue weighted by Gasteiger charge is 2.34. The molecule has 1 aliphatic carbocycles. The monoisotopic (exact) mass is 363 g/mol. The van der Waals surface area contributed by atoms with Crippen molar-refractivity contribution in [2.24, 2.45) is 5.92 Å². The molecule has 0 N–H and O–H groups in total. The summed E-state index contributed by atoms with van der Waals surface area (Å²) >= 11 is 0. The summed E-state index contributed by atoms with van der Waals surface area (Å²) in [5.41, 5.74) is 1.73. The van der Waals surface area contributed by atoms with Crippen molar-refractivity contribution in [2.75, 3.05) is 6.54 Å². The molecular formula is C23H25NO3. The first-order chi connectivity index (χ1) is 13.1. The second kappa shape index (κ2) is 7.26. The molecular weight excluding hydrogens is 338 g/mol. The molecule has 0 saturated heterocycles. The summed E-state index contributed by atoms with van der Waals surface area (Å²) in [4.78, 5) is 40.3. The maximum atomic E-state index is 13.1. The summed E-state index contributed by atoms with van der Waals surface area (Å²) in [6.07, 6.45) is 6.98.